The molecule has 2 N–H and O–H groups in total. The van der Waals surface area contributed by atoms with E-state index >= 15 is 0 Å². The van der Waals surface area contributed by atoms with Crippen LogP contribution in [0.3, 0.4) is 0 Å². The SMILES string of the molecule is NC[C@@]1(CC2CCCC2)CS1. The topological polar surface area (TPSA) is 26.0 Å². The summed E-state index contributed by atoms with van der Waals surface area (Å²) in [6.45, 7) is 0.911. The van der Waals surface area contributed by atoms with Crippen molar-refractivity contribution in [2.45, 2.75) is 36.9 Å². The van der Waals surface area contributed by atoms with Crippen molar-refractivity contribution in [3.05, 3.63) is 0 Å². The molecule has 1 saturated carbocycles. The Morgan fingerprint density at radius 3 is 2.45 bits per heavy atom. The normalized spacial score (nSPS) is 37.9. The van der Waals surface area contributed by atoms with Gasteiger partial charge in [-0.2, -0.15) is 11.8 Å². The van der Waals surface area contributed by atoms with E-state index in [4.69, 9.17) is 5.73 Å². The van der Waals surface area contributed by atoms with Gasteiger partial charge in [-0.25, -0.2) is 0 Å². The zero-order valence-electron chi connectivity index (χ0n) is 7.01. The van der Waals surface area contributed by atoms with Crippen LogP contribution in [0.2, 0.25) is 0 Å². The second-order valence-corrected chi connectivity index (χ2v) is 5.47. The van der Waals surface area contributed by atoms with Crippen molar-refractivity contribution in [2.24, 2.45) is 11.7 Å². The molecular weight excluding hydrogens is 154 g/mol. The van der Waals surface area contributed by atoms with Gasteiger partial charge in [-0.05, 0) is 12.3 Å². The van der Waals surface area contributed by atoms with Crippen molar-refractivity contribution in [2.75, 3.05) is 12.3 Å². The third-order valence-corrected chi connectivity index (χ3v) is 4.50. The first kappa shape index (κ1) is 7.93. The number of nitrogens with two attached hydrogens (primary N) is 1. The molecule has 0 unspecified atom stereocenters. The van der Waals surface area contributed by atoms with Gasteiger partial charge in [0.05, 0.1) is 0 Å². The molecule has 11 heavy (non-hydrogen) atoms. The minimum absolute atomic E-state index is 0.551. The quantitative estimate of drug-likeness (QED) is 0.657. The molecule has 1 saturated heterocycles. The minimum atomic E-state index is 0.551. The molecule has 1 atom stereocenters. The van der Waals surface area contributed by atoms with Crippen molar-refractivity contribution in [1.29, 1.82) is 0 Å². The summed E-state index contributed by atoms with van der Waals surface area (Å²) < 4.78 is 0.551. The zero-order valence-corrected chi connectivity index (χ0v) is 7.83. The van der Waals surface area contributed by atoms with E-state index in [0.29, 0.717) is 4.75 Å². The van der Waals surface area contributed by atoms with Gasteiger partial charge >= 0.3 is 0 Å². The van der Waals surface area contributed by atoms with Crippen molar-refractivity contribution in [1.82, 2.24) is 0 Å². The summed E-state index contributed by atoms with van der Waals surface area (Å²) in [5, 5.41) is 0. The molecule has 0 spiro atoms. The third kappa shape index (κ3) is 1.73. The Hall–Kier alpha value is 0.310. The maximum Gasteiger partial charge on any atom is 0.0375 e. The third-order valence-electron chi connectivity index (χ3n) is 3.06. The van der Waals surface area contributed by atoms with E-state index < -0.39 is 0 Å². The second kappa shape index (κ2) is 2.98. The molecule has 2 heteroatoms. The van der Waals surface area contributed by atoms with E-state index in [1.807, 2.05) is 0 Å². The van der Waals surface area contributed by atoms with Gasteiger partial charge in [0.25, 0.3) is 0 Å². The average molecular weight is 171 g/mol. The summed E-state index contributed by atoms with van der Waals surface area (Å²) in [6.07, 6.45) is 7.30. The van der Waals surface area contributed by atoms with Gasteiger partial charge in [-0.15, -0.1) is 0 Å². The number of hydrogen-bond donors (Lipinski definition) is 1. The van der Waals surface area contributed by atoms with Crippen LogP contribution in [0.1, 0.15) is 32.1 Å². The fourth-order valence-electron chi connectivity index (χ4n) is 2.16. The fraction of sp³-hybridized carbons (Fsp3) is 1.00. The van der Waals surface area contributed by atoms with E-state index in [-0.39, 0.29) is 0 Å². The molecule has 1 heterocycles. The van der Waals surface area contributed by atoms with Crippen LogP contribution >= 0.6 is 11.8 Å². The van der Waals surface area contributed by atoms with Gasteiger partial charge < -0.3 is 5.73 Å². The predicted octanol–water partition coefficient (Wildman–Crippen LogP) is 2.01. The zero-order chi connectivity index (χ0) is 7.73. The maximum absolute atomic E-state index is 5.73. The molecule has 0 aromatic heterocycles. The standard InChI is InChI=1S/C9H17NS/c10-6-9(7-11-9)5-8-3-1-2-4-8/h8H,1-7,10H2/t9-/m0/s1. The largest absolute Gasteiger partial charge is 0.329 e. The summed E-state index contributed by atoms with van der Waals surface area (Å²) in [5.41, 5.74) is 5.73. The Balaban J connectivity index is 1.80. The fourth-order valence-corrected chi connectivity index (χ4v) is 3.07. The van der Waals surface area contributed by atoms with Crippen molar-refractivity contribution in [3.63, 3.8) is 0 Å². The van der Waals surface area contributed by atoms with Crippen LogP contribution in [-0.4, -0.2) is 17.0 Å². The van der Waals surface area contributed by atoms with E-state index in [1.54, 1.807) is 0 Å². The van der Waals surface area contributed by atoms with Gasteiger partial charge in [-0.3, -0.25) is 0 Å². The van der Waals surface area contributed by atoms with Crippen molar-refractivity contribution < 1.29 is 0 Å². The smallest absolute Gasteiger partial charge is 0.0375 e. The Labute approximate surface area is 73.1 Å². The molecule has 64 valence electrons. The lowest BCUT2D eigenvalue weighted by Crippen LogP contribution is -2.24. The lowest BCUT2D eigenvalue weighted by atomic mass is 9.94. The molecular formula is C9H17NS. The van der Waals surface area contributed by atoms with Crippen LogP contribution in [-0.2, 0) is 0 Å². The Morgan fingerprint density at radius 1 is 1.36 bits per heavy atom. The number of rotatable bonds is 3. The summed E-state index contributed by atoms with van der Waals surface area (Å²) in [4.78, 5) is 0. The first-order valence-electron chi connectivity index (χ1n) is 4.69. The Kier molecular flexibility index (Phi) is 2.15. The molecule has 1 nitrogen and oxygen atoms in total. The molecule has 1 aliphatic carbocycles. The van der Waals surface area contributed by atoms with Gasteiger partial charge in [-0.1, -0.05) is 25.7 Å². The maximum atomic E-state index is 5.73. The Morgan fingerprint density at radius 2 is 2.00 bits per heavy atom. The highest BCUT2D eigenvalue weighted by Gasteiger charge is 2.44. The van der Waals surface area contributed by atoms with Crippen LogP contribution in [0.15, 0.2) is 0 Å². The van der Waals surface area contributed by atoms with E-state index in [1.165, 1.54) is 37.9 Å². The molecule has 0 aromatic carbocycles. The first-order valence-corrected chi connectivity index (χ1v) is 5.67. The van der Waals surface area contributed by atoms with Crippen LogP contribution < -0.4 is 5.73 Å². The van der Waals surface area contributed by atoms with Gasteiger partial charge in [0, 0.05) is 17.0 Å². The van der Waals surface area contributed by atoms with Gasteiger partial charge in [0.1, 0.15) is 0 Å². The van der Waals surface area contributed by atoms with E-state index in [2.05, 4.69) is 11.8 Å². The molecule has 2 fully saturated rings. The summed E-state index contributed by atoms with van der Waals surface area (Å²) in [6, 6.07) is 0. The van der Waals surface area contributed by atoms with Crippen LogP contribution in [0.25, 0.3) is 0 Å². The molecule has 2 aliphatic rings. The lowest BCUT2D eigenvalue weighted by Gasteiger charge is -2.15. The van der Waals surface area contributed by atoms with E-state index in [9.17, 15) is 0 Å². The molecule has 0 radical (unpaired) electrons. The molecule has 0 bridgehead atoms. The van der Waals surface area contributed by atoms with Crippen LogP contribution in [0.4, 0.5) is 0 Å². The summed E-state index contributed by atoms with van der Waals surface area (Å²) in [7, 11) is 0. The molecule has 0 aromatic rings. The first-order chi connectivity index (χ1) is 5.35. The van der Waals surface area contributed by atoms with Gasteiger partial charge in [0.15, 0.2) is 0 Å². The van der Waals surface area contributed by atoms with Crippen LogP contribution in [0.5, 0.6) is 0 Å². The van der Waals surface area contributed by atoms with E-state index in [0.717, 1.165) is 12.5 Å². The van der Waals surface area contributed by atoms with Gasteiger partial charge in [0.2, 0.25) is 0 Å². The lowest BCUT2D eigenvalue weighted by molar-refractivity contribution is 0.456. The summed E-state index contributed by atoms with van der Waals surface area (Å²) in [5.74, 6) is 2.36. The van der Waals surface area contributed by atoms with Crippen molar-refractivity contribution in [3.8, 4) is 0 Å². The van der Waals surface area contributed by atoms with Crippen molar-refractivity contribution >= 4 is 11.8 Å². The summed E-state index contributed by atoms with van der Waals surface area (Å²) >= 11 is 2.08. The minimum Gasteiger partial charge on any atom is -0.329 e. The molecule has 1 aliphatic heterocycles. The highest BCUT2D eigenvalue weighted by atomic mass is 32.2. The Bertz CT molecular complexity index is 136. The molecule has 2 rings (SSSR count). The second-order valence-electron chi connectivity index (χ2n) is 4.03. The number of thioether (sulfide) groups is 1. The highest BCUT2D eigenvalue weighted by molar-refractivity contribution is 8.07. The number of hydrogen-bond acceptors (Lipinski definition) is 2. The predicted molar refractivity (Wildman–Crippen MR) is 50.8 cm³/mol. The average Bonchev–Trinajstić information content (AvgIpc) is 2.59. The highest BCUT2D eigenvalue weighted by Crippen LogP contribution is 2.50. The van der Waals surface area contributed by atoms with Crippen LogP contribution in [0, 0.1) is 5.92 Å². The monoisotopic (exact) mass is 171 g/mol. The molecule has 0 amide bonds.